The van der Waals surface area contributed by atoms with Crippen LogP contribution < -0.4 is 4.72 Å². The largest absolute Gasteiger partial charge is 0.393 e. The van der Waals surface area contributed by atoms with Crippen molar-refractivity contribution >= 4 is 10.0 Å². The first-order valence-corrected chi connectivity index (χ1v) is 7.42. The highest BCUT2D eigenvalue weighted by atomic mass is 32.2. The number of rotatable bonds is 7. The zero-order valence-electron chi connectivity index (χ0n) is 9.68. The molecule has 0 unspecified atom stereocenters. The molecule has 1 fully saturated rings. The van der Waals surface area contributed by atoms with E-state index in [4.69, 9.17) is 4.74 Å². The van der Waals surface area contributed by atoms with Crippen molar-refractivity contribution in [3.05, 3.63) is 0 Å². The lowest BCUT2D eigenvalue weighted by Gasteiger charge is -2.11. The standard InChI is InChI=1S/C10H21NO4S/c1-2-10(12)3-5-11-16(13,14)8-9-4-6-15-7-9/h9-12H,2-8H2,1H3/t9-,10+/m1/s1. The Morgan fingerprint density at radius 2 is 2.31 bits per heavy atom. The summed E-state index contributed by atoms with van der Waals surface area (Å²) in [7, 11) is -3.21. The van der Waals surface area contributed by atoms with Gasteiger partial charge in [-0.05, 0) is 25.2 Å². The second-order valence-electron chi connectivity index (χ2n) is 4.26. The Labute approximate surface area is 97.2 Å². The molecule has 0 saturated carbocycles. The van der Waals surface area contributed by atoms with Crippen molar-refractivity contribution in [1.29, 1.82) is 0 Å². The van der Waals surface area contributed by atoms with Crippen LogP contribution in [-0.4, -0.2) is 45.1 Å². The molecule has 0 aromatic carbocycles. The van der Waals surface area contributed by atoms with E-state index in [1.807, 2.05) is 6.92 Å². The molecule has 1 aliphatic rings. The van der Waals surface area contributed by atoms with Crippen molar-refractivity contribution in [2.45, 2.75) is 32.3 Å². The summed E-state index contributed by atoms with van der Waals surface area (Å²) in [6.07, 6.45) is 1.52. The molecule has 1 heterocycles. The van der Waals surface area contributed by atoms with Crippen LogP contribution in [0, 0.1) is 5.92 Å². The van der Waals surface area contributed by atoms with E-state index >= 15 is 0 Å². The van der Waals surface area contributed by atoms with E-state index in [1.165, 1.54) is 0 Å². The van der Waals surface area contributed by atoms with E-state index in [9.17, 15) is 13.5 Å². The first-order valence-electron chi connectivity index (χ1n) is 5.76. The molecule has 0 amide bonds. The fourth-order valence-corrected chi connectivity index (χ4v) is 3.10. The second kappa shape index (κ2) is 6.54. The summed E-state index contributed by atoms with van der Waals surface area (Å²) in [5.74, 6) is 0.253. The molecule has 96 valence electrons. The normalized spacial score (nSPS) is 23.5. The molecule has 0 aromatic rings. The molecule has 5 nitrogen and oxygen atoms in total. The maximum Gasteiger partial charge on any atom is 0.211 e. The molecule has 1 rings (SSSR count). The van der Waals surface area contributed by atoms with E-state index in [0.717, 1.165) is 6.42 Å². The summed E-state index contributed by atoms with van der Waals surface area (Å²) < 4.78 is 30.9. The molecule has 2 atom stereocenters. The Morgan fingerprint density at radius 3 is 2.88 bits per heavy atom. The fraction of sp³-hybridized carbons (Fsp3) is 1.00. The number of sulfonamides is 1. The Morgan fingerprint density at radius 1 is 1.56 bits per heavy atom. The fourth-order valence-electron chi connectivity index (χ4n) is 1.67. The zero-order valence-corrected chi connectivity index (χ0v) is 10.5. The zero-order chi connectivity index (χ0) is 12.0. The van der Waals surface area contributed by atoms with E-state index in [2.05, 4.69) is 4.72 Å². The predicted molar refractivity (Wildman–Crippen MR) is 61.6 cm³/mol. The van der Waals surface area contributed by atoms with E-state index < -0.39 is 16.1 Å². The van der Waals surface area contributed by atoms with Crippen LogP contribution >= 0.6 is 0 Å². The minimum Gasteiger partial charge on any atom is -0.393 e. The van der Waals surface area contributed by atoms with Crippen LogP contribution in [0.1, 0.15) is 26.2 Å². The van der Waals surface area contributed by atoms with Crippen LogP contribution in [0.25, 0.3) is 0 Å². The van der Waals surface area contributed by atoms with Crippen molar-refractivity contribution in [2.24, 2.45) is 5.92 Å². The van der Waals surface area contributed by atoms with E-state index in [1.54, 1.807) is 0 Å². The van der Waals surface area contributed by atoms with Crippen LogP contribution in [0.5, 0.6) is 0 Å². The molecule has 0 spiro atoms. The van der Waals surface area contributed by atoms with Gasteiger partial charge in [0.15, 0.2) is 0 Å². The van der Waals surface area contributed by atoms with Gasteiger partial charge in [0.2, 0.25) is 10.0 Å². The van der Waals surface area contributed by atoms with Gasteiger partial charge in [0, 0.05) is 13.2 Å². The molecule has 0 radical (unpaired) electrons. The summed E-state index contributed by atoms with van der Waals surface area (Å²) in [4.78, 5) is 0. The highest BCUT2D eigenvalue weighted by Gasteiger charge is 2.22. The minimum absolute atomic E-state index is 0.119. The number of aliphatic hydroxyl groups is 1. The summed E-state index contributed by atoms with van der Waals surface area (Å²) in [5.41, 5.74) is 0. The second-order valence-corrected chi connectivity index (χ2v) is 6.11. The summed E-state index contributed by atoms with van der Waals surface area (Å²) in [6, 6.07) is 0. The van der Waals surface area contributed by atoms with Crippen molar-refractivity contribution in [3.63, 3.8) is 0 Å². The van der Waals surface area contributed by atoms with Crippen molar-refractivity contribution in [1.82, 2.24) is 4.72 Å². The molecule has 0 aromatic heterocycles. The van der Waals surface area contributed by atoms with Crippen molar-refractivity contribution < 1.29 is 18.3 Å². The maximum atomic E-state index is 11.6. The SMILES string of the molecule is CC[C@H](O)CCNS(=O)(=O)C[C@@H]1CCOC1. The average Bonchev–Trinajstić information content (AvgIpc) is 2.69. The van der Waals surface area contributed by atoms with Gasteiger partial charge < -0.3 is 9.84 Å². The monoisotopic (exact) mass is 251 g/mol. The quantitative estimate of drug-likeness (QED) is 0.673. The third kappa shape index (κ3) is 5.25. The third-order valence-corrected chi connectivity index (χ3v) is 4.30. The molecule has 0 bridgehead atoms. The summed E-state index contributed by atoms with van der Waals surface area (Å²) in [5, 5.41) is 9.28. The van der Waals surface area contributed by atoms with Gasteiger partial charge >= 0.3 is 0 Å². The van der Waals surface area contributed by atoms with Gasteiger partial charge in [0.05, 0.1) is 18.5 Å². The van der Waals surface area contributed by atoms with Gasteiger partial charge in [-0.2, -0.15) is 0 Å². The van der Waals surface area contributed by atoms with Crippen LogP contribution in [0.3, 0.4) is 0 Å². The number of hydrogen-bond acceptors (Lipinski definition) is 4. The molecule has 6 heteroatoms. The van der Waals surface area contributed by atoms with Crippen LogP contribution in [-0.2, 0) is 14.8 Å². The van der Waals surface area contributed by atoms with E-state index in [-0.39, 0.29) is 11.7 Å². The van der Waals surface area contributed by atoms with Crippen molar-refractivity contribution in [3.8, 4) is 0 Å². The van der Waals surface area contributed by atoms with Crippen molar-refractivity contribution in [2.75, 3.05) is 25.5 Å². The molecule has 1 saturated heterocycles. The first-order chi connectivity index (χ1) is 7.53. The topological polar surface area (TPSA) is 75.6 Å². The molecule has 2 N–H and O–H groups in total. The van der Waals surface area contributed by atoms with Crippen LogP contribution in [0.2, 0.25) is 0 Å². The van der Waals surface area contributed by atoms with Gasteiger partial charge in [-0.3, -0.25) is 0 Å². The smallest absolute Gasteiger partial charge is 0.211 e. The number of nitrogens with one attached hydrogen (secondary N) is 1. The number of hydrogen-bond donors (Lipinski definition) is 2. The minimum atomic E-state index is -3.21. The van der Waals surface area contributed by atoms with Gasteiger partial charge in [-0.25, -0.2) is 13.1 Å². The van der Waals surface area contributed by atoms with Gasteiger partial charge in [0.1, 0.15) is 0 Å². The van der Waals surface area contributed by atoms with E-state index in [0.29, 0.717) is 32.6 Å². The molecule has 1 aliphatic heterocycles. The van der Waals surface area contributed by atoms with Gasteiger partial charge in [-0.15, -0.1) is 0 Å². The lowest BCUT2D eigenvalue weighted by Crippen LogP contribution is -2.32. The summed E-state index contributed by atoms with van der Waals surface area (Å²) in [6.45, 7) is 3.38. The van der Waals surface area contributed by atoms with Crippen LogP contribution in [0.4, 0.5) is 0 Å². The Bertz CT molecular complexity index is 285. The lowest BCUT2D eigenvalue weighted by atomic mass is 10.2. The molecular weight excluding hydrogens is 230 g/mol. The highest BCUT2D eigenvalue weighted by molar-refractivity contribution is 7.89. The predicted octanol–water partition coefficient (Wildman–Crippen LogP) is 0.103. The molecule has 0 aliphatic carbocycles. The maximum absolute atomic E-state index is 11.6. The average molecular weight is 251 g/mol. The number of aliphatic hydroxyl groups excluding tert-OH is 1. The van der Waals surface area contributed by atoms with Gasteiger partial charge in [-0.1, -0.05) is 6.92 Å². The summed E-state index contributed by atoms with van der Waals surface area (Å²) >= 11 is 0. The van der Waals surface area contributed by atoms with Crippen LogP contribution in [0.15, 0.2) is 0 Å². The molecular formula is C10H21NO4S. The van der Waals surface area contributed by atoms with Gasteiger partial charge in [0.25, 0.3) is 0 Å². The first kappa shape index (κ1) is 13.9. The lowest BCUT2D eigenvalue weighted by molar-refractivity contribution is 0.162. The Balaban J connectivity index is 2.23. The Kier molecular flexibility index (Phi) is 5.68. The molecule has 16 heavy (non-hydrogen) atoms. The highest BCUT2D eigenvalue weighted by Crippen LogP contribution is 2.13. The number of ether oxygens (including phenoxy) is 1. The third-order valence-electron chi connectivity index (χ3n) is 2.75. The Hall–Kier alpha value is -0.170.